The highest BCUT2D eigenvalue weighted by Crippen LogP contribution is 2.35. The van der Waals surface area contributed by atoms with Gasteiger partial charge in [0.15, 0.2) is 10.3 Å². The van der Waals surface area contributed by atoms with Gasteiger partial charge in [-0.25, -0.2) is 4.98 Å². The van der Waals surface area contributed by atoms with E-state index in [1.54, 1.807) is 23.6 Å². The predicted octanol–water partition coefficient (Wildman–Crippen LogP) is 6.25. The molecule has 34 heavy (non-hydrogen) atoms. The fourth-order valence-corrected chi connectivity index (χ4v) is 6.06. The molecule has 0 saturated heterocycles. The molecule has 1 amide bonds. The molecule has 4 rings (SSSR count). The van der Waals surface area contributed by atoms with Crippen molar-refractivity contribution in [3.05, 3.63) is 81.6 Å². The van der Waals surface area contributed by atoms with Crippen molar-refractivity contribution in [1.82, 2.24) is 19.7 Å². The Morgan fingerprint density at radius 2 is 1.79 bits per heavy atom. The normalized spacial score (nSPS) is 11.1. The molecule has 2 heterocycles. The molecule has 2 aromatic heterocycles. The predicted molar refractivity (Wildman–Crippen MR) is 140 cm³/mol. The van der Waals surface area contributed by atoms with Crippen LogP contribution in [0.5, 0.6) is 0 Å². The van der Waals surface area contributed by atoms with Crippen LogP contribution in [0.2, 0.25) is 0 Å². The summed E-state index contributed by atoms with van der Waals surface area (Å²) in [5.74, 6) is 1.58. The van der Waals surface area contributed by atoms with Gasteiger partial charge in [0.1, 0.15) is 5.82 Å². The number of nitrogens with zero attached hydrogens (tertiary/aromatic N) is 5. The van der Waals surface area contributed by atoms with Gasteiger partial charge in [-0.15, -0.1) is 21.5 Å². The number of carbonyl (C=O) groups excluding carboxylic acids is 1. The van der Waals surface area contributed by atoms with Crippen molar-refractivity contribution < 1.29 is 4.79 Å². The van der Waals surface area contributed by atoms with Crippen LogP contribution in [-0.2, 0) is 23.5 Å². The summed E-state index contributed by atoms with van der Waals surface area (Å²) in [6.45, 7) is 10.7. The van der Waals surface area contributed by atoms with E-state index in [4.69, 9.17) is 4.98 Å². The number of carbonyl (C=O) groups is 1. The molecule has 0 atom stereocenters. The summed E-state index contributed by atoms with van der Waals surface area (Å²) in [4.78, 5) is 19.2. The number of benzene rings is 2. The smallest absolute Gasteiger partial charge is 0.230 e. The van der Waals surface area contributed by atoms with E-state index >= 15 is 0 Å². The minimum atomic E-state index is -0.0418. The third-order valence-corrected chi connectivity index (χ3v) is 7.44. The van der Waals surface area contributed by atoms with Crippen LogP contribution in [0.15, 0.2) is 53.0 Å². The third kappa shape index (κ3) is 5.23. The minimum Gasteiger partial charge on any atom is -0.306 e. The number of thiazole rings is 1. The quantitative estimate of drug-likeness (QED) is 0.273. The van der Waals surface area contributed by atoms with Gasteiger partial charge >= 0.3 is 0 Å². The van der Waals surface area contributed by atoms with Gasteiger partial charge in [0.05, 0.1) is 11.4 Å². The molecule has 0 bridgehead atoms. The second kappa shape index (κ2) is 10.5. The number of hydrogen-bond donors (Lipinski definition) is 0. The van der Waals surface area contributed by atoms with Crippen LogP contribution >= 0.6 is 23.1 Å². The number of rotatable bonds is 8. The average Bonchev–Trinajstić information content (AvgIpc) is 3.41. The minimum absolute atomic E-state index is 0.0418. The lowest BCUT2D eigenvalue weighted by Crippen LogP contribution is -2.24. The highest BCUT2D eigenvalue weighted by atomic mass is 32.2. The molecule has 0 radical (unpaired) electrons. The first kappa shape index (κ1) is 24.2. The summed E-state index contributed by atoms with van der Waals surface area (Å²) in [6, 6.07) is 14.5. The average molecular weight is 492 g/mol. The van der Waals surface area contributed by atoms with Crippen molar-refractivity contribution >= 4 is 39.8 Å². The highest BCUT2D eigenvalue weighted by molar-refractivity contribution is 7.98. The third-order valence-electron chi connectivity index (χ3n) is 5.57. The monoisotopic (exact) mass is 491 g/mol. The Bertz CT molecular complexity index is 1270. The van der Waals surface area contributed by atoms with Crippen LogP contribution in [0.1, 0.15) is 47.6 Å². The van der Waals surface area contributed by atoms with E-state index < -0.39 is 0 Å². The van der Waals surface area contributed by atoms with Crippen LogP contribution in [0.4, 0.5) is 10.8 Å². The molecule has 176 valence electrons. The summed E-state index contributed by atoms with van der Waals surface area (Å²) in [5.41, 5.74) is 6.39. The van der Waals surface area contributed by atoms with E-state index in [2.05, 4.69) is 52.9 Å². The first-order valence-corrected chi connectivity index (χ1v) is 13.2. The van der Waals surface area contributed by atoms with Crippen molar-refractivity contribution in [2.24, 2.45) is 0 Å². The lowest BCUT2D eigenvalue weighted by atomic mass is 10.0. The Morgan fingerprint density at radius 1 is 1.09 bits per heavy atom. The number of amides is 1. The lowest BCUT2D eigenvalue weighted by Gasteiger charge is -2.23. The first-order chi connectivity index (χ1) is 16.4. The zero-order valence-corrected chi connectivity index (χ0v) is 21.8. The van der Waals surface area contributed by atoms with Crippen molar-refractivity contribution in [1.29, 1.82) is 0 Å². The molecule has 0 aliphatic heterocycles. The van der Waals surface area contributed by atoms with Crippen LogP contribution in [0.3, 0.4) is 0 Å². The summed E-state index contributed by atoms with van der Waals surface area (Å²) >= 11 is 3.12. The molecule has 0 aliphatic rings. The van der Waals surface area contributed by atoms with Crippen molar-refractivity contribution in [3.63, 3.8) is 0 Å². The molecule has 2 aromatic carbocycles. The van der Waals surface area contributed by atoms with Gasteiger partial charge in [0, 0.05) is 31.0 Å². The summed E-state index contributed by atoms with van der Waals surface area (Å²) in [6.07, 6.45) is 0.756. The molecule has 6 nitrogen and oxygen atoms in total. The van der Waals surface area contributed by atoms with E-state index in [0.717, 1.165) is 46.5 Å². The summed E-state index contributed by atoms with van der Waals surface area (Å²) < 4.78 is 2.16. The van der Waals surface area contributed by atoms with E-state index in [0.29, 0.717) is 10.9 Å². The molecule has 0 aliphatic carbocycles. The van der Waals surface area contributed by atoms with Crippen LogP contribution in [-0.4, -0.2) is 25.7 Å². The van der Waals surface area contributed by atoms with Gasteiger partial charge in [-0.05, 0) is 44.4 Å². The van der Waals surface area contributed by atoms with Gasteiger partial charge in [0.25, 0.3) is 0 Å². The maximum absolute atomic E-state index is 12.6. The van der Waals surface area contributed by atoms with Gasteiger partial charge in [0.2, 0.25) is 5.91 Å². The summed E-state index contributed by atoms with van der Waals surface area (Å²) in [5, 5.41) is 12.5. The second-order valence-corrected chi connectivity index (χ2v) is 10.1. The van der Waals surface area contributed by atoms with Gasteiger partial charge in [-0.1, -0.05) is 59.8 Å². The Kier molecular flexibility index (Phi) is 7.48. The SMILES string of the molecule is CCn1c(Cc2ccccc2)nnc1SCc1csc(N(C(C)=O)c2c(C)cc(C)cc2C)n1. The van der Waals surface area contributed by atoms with E-state index in [1.807, 2.05) is 37.4 Å². The number of aromatic nitrogens is 4. The molecular weight excluding hydrogens is 462 g/mol. The van der Waals surface area contributed by atoms with E-state index in [9.17, 15) is 4.79 Å². The molecule has 0 fully saturated rings. The Morgan fingerprint density at radius 3 is 2.44 bits per heavy atom. The molecular formula is C26H29N5OS2. The van der Waals surface area contributed by atoms with Crippen molar-refractivity contribution in [2.45, 2.75) is 58.5 Å². The highest BCUT2D eigenvalue weighted by Gasteiger charge is 2.22. The molecule has 0 saturated carbocycles. The number of aryl methyl sites for hydroxylation is 3. The number of thioether (sulfide) groups is 1. The van der Waals surface area contributed by atoms with Crippen molar-refractivity contribution in [2.75, 3.05) is 4.90 Å². The maximum Gasteiger partial charge on any atom is 0.230 e. The Labute approximate surface area is 209 Å². The zero-order valence-electron chi connectivity index (χ0n) is 20.2. The Hall–Kier alpha value is -2.97. The van der Waals surface area contributed by atoms with Gasteiger partial charge in [-0.3, -0.25) is 9.69 Å². The fraction of sp³-hybridized carbons (Fsp3) is 0.308. The molecule has 4 aromatic rings. The fourth-order valence-electron chi connectivity index (χ4n) is 4.17. The van der Waals surface area contributed by atoms with Gasteiger partial charge < -0.3 is 4.57 Å². The molecule has 8 heteroatoms. The summed E-state index contributed by atoms with van der Waals surface area (Å²) in [7, 11) is 0. The Balaban J connectivity index is 1.52. The standard InChI is InChI=1S/C26H29N5OS2/c1-6-30-23(14-21-10-8-7-9-11-21)28-29-26(30)34-16-22-15-33-25(27-22)31(20(5)32)24-18(3)12-17(2)13-19(24)4/h7-13,15H,6,14,16H2,1-5H3. The maximum atomic E-state index is 12.6. The van der Waals surface area contributed by atoms with Crippen LogP contribution < -0.4 is 4.90 Å². The van der Waals surface area contributed by atoms with Crippen LogP contribution in [0, 0.1) is 20.8 Å². The number of hydrogen-bond acceptors (Lipinski definition) is 6. The first-order valence-electron chi connectivity index (χ1n) is 11.3. The zero-order chi connectivity index (χ0) is 24.2. The van der Waals surface area contributed by atoms with E-state index in [1.165, 1.54) is 22.5 Å². The van der Waals surface area contributed by atoms with Crippen molar-refractivity contribution in [3.8, 4) is 0 Å². The molecule has 0 unspecified atom stereocenters. The molecule has 0 spiro atoms. The molecule has 0 N–H and O–H groups in total. The van der Waals surface area contributed by atoms with Gasteiger partial charge in [-0.2, -0.15) is 0 Å². The van der Waals surface area contributed by atoms with Crippen LogP contribution in [0.25, 0.3) is 0 Å². The number of anilines is 2. The topological polar surface area (TPSA) is 63.9 Å². The largest absolute Gasteiger partial charge is 0.306 e. The lowest BCUT2D eigenvalue weighted by molar-refractivity contribution is -0.115. The second-order valence-electron chi connectivity index (χ2n) is 8.32. The van der Waals surface area contributed by atoms with E-state index in [-0.39, 0.29) is 5.91 Å².